The van der Waals surface area contributed by atoms with E-state index in [-0.39, 0.29) is 5.75 Å². The van der Waals surface area contributed by atoms with E-state index < -0.39 is 0 Å². The van der Waals surface area contributed by atoms with Crippen LogP contribution in [0.5, 0.6) is 5.75 Å². The standard InChI is InChI=1S/C21H18ClN3O/c1-14-10-11-25-19(12-14)24-20(17-4-2-3-5-18(17)26)21(25)23-13-15-6-8-16(22)9-7-15/h2-12,23,26H,13H2,1H3. The van der Waals surface area contributed by atoms with E-state index in [0.717, 1.165) is 28.3 Å². The molecule has 0 fully saturated rings. The second-order valence-corrected chi connectivity index (χ2v) is 6.67. The van der Waals surface area contributed by atoms with Crippen molar-refractivity contribution in [3.05, 3.63) is 83.0 Å². The summed E-state index contributed by atoms with van der Waals surface area (Å²) in [6.07, 6.45) is 1.99. The van der Waals surface area contributed by atoms with Crippen LogP contribution in [0.15, 0.2) is 66.9 Å². The molecule has 0 aliphatic heterocycles. The SMILES string of the molecule is Cc1ccn2c(NCc3ccc(Cl)cc3)c(-c3ccccc3O)nc2c1. The van der Waals surface area contributed by atoms with Crippen molar-refractivity contribution >= 4 is 23.1 Å². The van der Waals surface area contributed by atoms with E-state index in [1.165, 1.54) is 0 Å². The van der Waals surface area contributed by atoms with Crippen LogP contribution >= 0.6 is 11.6 Å². The van der Waals surface area contributed by atoms with Crippen LogP contribution < -0.4 is 5.32 Å². The third kappa shape index (κ3) is 3.11. The van der Waals surface area contributed by atoms with E-state index in [0.29, 0.717) is 17.1 Å². The molecule has 0 saturated carbocycles. The number of phenols is 1. The molecule has 4 aromatic rings. The van der Waals surface area contributed by atoms with Gasteiger partial charge in [0.15, 0.2) is 0 Å². The molecule has 2 heterocycles. The first-order valence-electron chi connectivity index (χ1n) is 8.37. The van der Waals surface area contributed by atoms with E-state index >= 15 is 0 Å². The van der Waals surface area contributed by atoms with Gasteiger partial charge in [-0.2, -0.15) is 0 Å². The molecule has 0 spiro atoms. The third-order valence-electron chi connectivity index (χ3n) is 4.31. The lowest BCUT2D eigenvalue weighted by Gasteiger charge is -2.10. The number of rotatable bonds is 4. The number of fused-ring (bicyclic) bond motifs is 1. The van der Waals surface area contributed by atoms with Crippen molar-refractivity contribution in [3.8, 4) is 17.0 Å². The van der Waals surface area contributed by atoms with Crippen LogP contribution in [-0.4, -0.2) is 14.5 Å². The van der Waals surface area contributed by atoms with Crippen molar-refractivity contribution in [2.24, 2.45) is 0 Å². The van der Waals surface area contributed by atoms with Gasteiger partial charge in [-0.3, -0.25) is 4.40 Å². The summed E-state index contributed by atoms with van der Waals surface area (Å²) in [6.45, 7) is 2.66. The number of anilines is 1. The zero-order chi connectivity index (χ0) is 18.1. The number of hydrogen-bond donors (Lipinski definition) is 2. The second kappa shape index (κ2) is 6.73. The smallest absolute Gasteiger partial charge is 0.139 e. The second-order valence-electron chi connectivity index (χ2n) is 6.24. The first-order chi connectivity index (χ1) is 12.6. The van der Waals surface area contributed by atoms with E-state index in [2.05, 4.69) is 5.32 Å². The molecule has 0 radical (unpaired) electrons. The molecule has 0 atom stereocenters. The number of halogens is 1. The molecule has 130 valence electrons. The number of nitrogens with zero attached hydrogens (tertiary/aromatic N) is 2. The Morgan fingerprint density at radius 3 is 2.62 bits per heavy atom. The summed E-state index contributed by atoms with van der Waals surface area (Å²) in [4.78, 5) is 4.75. The van der Waals surface area contributed by atoms with Crippen molar-refractivity contribution in [1.29, 1.82) is 0 Å². The molecule has 4 nitrogen and oxygen atoms in total. The summed E-state index contributed by atoms with van der Waals surface area (Å²) in [5.41, 5.74) is 4.51. The largest absolute Gasteiger partial charge is 0.507 e. The van der Waals surface area contributed by atoms with E-state index in [1.54, 1.807) is 12.1 Å². The Hall–Kier alpha value is -2.98. The fraction of sp³-hybridized carbons (Fsp3) is 0.0952. The lowest BCUT2D eigenvalue weighted by molar-refractivity contribution is 0.477. The maximum atomic E-state index is 10.3. The summed E-state index contributed by atoms with van der Waals surface area (Å²) < 4.78 is 2.00. The number of nitrogens with one attached hydrogen (secondary N) is 1. The van der Waals surface area contributed by atoms with Gasteiger partial charge < -0.3 is 10.4 Å². The minimum absolute atomic E-state index is 0.210. The highest BCUT2D eigenvalue weighted by Crippen LogP contribution is 2.34. The summed E-state index contributed by atoms with van der Waals surface area (Å²) >= 11 is 5.96. The number of benzene rings is 2. The number of aromatic hydroxyl groups is 1. The number of pyridine rings is 1. The van der Waals surface area contributed by atoms with Gasteiger partial charge in [-0.15, -0.1) is 0 Å². The van der Waals surface area contributed by atoms with Gasteiger partial charge in [-0.1, -0.05) is 35.9 Å². The topological polar surface area (TPSA) is 49.6 Å². The Bertz CT molecular complexity index is 1070. The van der Waals surface area contributed by atoms with E-state index in [4.69, 9.17) is 16.6 Å². The first-order valence-corrected chi connectivity index (χ1v) is 8.75. The highest BCUT2D eigenvalue weighted by Gasteiger charge is 2.16. The van der Waals surface area contributed by atoms with Crippen LogP contribution in [0.1, 0.15) is 11.1 Å². The Morgan fingerprint density at radius 2 is 1.85 bits per heavy atom. The quantitative estimate of drug-likeness (QED) is 0.518. The van der Waals surface area contributed by atoms with Crippen LogP contribution in [0, 0.1) is 6.92 Å². The Kier molecular flexibility index (Phi) is 4.27. The molecule has 2 N–H and O–H groups in total. The molecule has 0 unspecified atom stereocenters. The molecule has 2 aromatic heterocycles. The van der Waals surface area contributed by atoms with Gasteiger partial charge in [0, 0.05) is 23.3 Å². The summed E-state index contributed by atoms with van der Waals surface area (Å²) in [7, 11) is 0. The summed E-state index contributed by atoms with van der Waals surface area (Å²) in [5, 5.41) is 14.5. The molecule has 5 heteroatoms. The number of aryl methyl sites for hydroxylation is 1. The fourth-order valence-corrected chi connectivity index (χ4v) is 3.09. The number of para-hydroxylation sites is 1. The molecule has 2 aromatic carbocycles. The van der Waals surface area contributed by atoms with Crippen LogP contribution in [0.3, 0.4) is 0 Å². The Labute approximate surface area is 156 Å². The van der Waals surface area contributed by atoms with Gasteiger partial charge in [-0.25, -0.2) is 4.98 Å². The van der Waals surface area contributed by atoms with E-state index in [9.17, 15) is 5.11 Å². The number of hydrogen-bond acceptors (Lipinski definition) is 3. The zero-order valence-corrected chi connectivity index (χ0v) is 15.0. The average Bonchev–Trinajstić information content (AvgIpc) is 2.99. The Balaban J connectivity index is 1.79. The lowest BCUT2D eigenvalue weighted by atomic mass is 10.1. The van der Waals surface area contributed by atoms with Gasteiger partial charge in [0.25, 0.3) is 0 Å². The van der Waals surface area contributed by atoms with Gasteiger partial charge in [-0.05, 0) is 54.4 Å². The maximum Gasteiger partial charge on any atom is 0.139 e. The molecule has 0 saturated heterocycles. The Morgan fingerprint density at radius 1 is 1.08 bits per heavy atom. The average molecular weight is 364 g/mol. The van der Waals surface area contributed by atoms with Gasteiger partial charge >= 0.3 is 0 Å². The van der Waals surface area contributed by atoms with Crippen molar-refractivity contribution < 1.29 is 5.11 Å². The van der Waals surface area contributed by atoms with Crippen LogP contribution in [0.4, 0.5) is 5.82 Å². The molecular formula is C21H18ClN3O. The predicted molar refractivity (Wildman–Crippen MR) is 106 cm³/mol. The molecule has 0 aliphatic carbocycles. The number of phenolic OH excluding ortho intramolecular Hbond substituents is 1. The lowest BCUT2D eigenvalue weighted by Crippen LogP contribution is -2.03. The fourth-order valence-electron chi connectivity index (χ4n) is 2.97. The highest BCUT2D eigenvalue weighted by molar-refractivity contribution is 6.30. The van der Waals surface area contributed by atoms with Crippen LogP contribution in [0.25, 0.3) is 16.9 Å². The number of imidazole rings is 1. The van der Waals surface area contributed by atoms with Gasteiger partial charge in [0.1, 0.15) is 22.9 Å². The van der Waals surface area contributed by atoms with Crippen molar-refractivity contribution in [2.45, 2.75) is 13.5 Å². The molecule has 4 rings (SSSR count). The predicted octanol–water partition coefficient (Wildman–Crippen LogP) is 5.28. The molecule has 0 bridgehead atoms. The normalized spacial score (nSPS) is 11.0. The molecule has 26 heavy (non-hydrogen) atoms. The van der Waals surface area contributed by atoms with Crippen LogP contribution in [0.2, 0.25) is 5.02 Å². The van der Waals surface area contributed by atoms with Gasteiger partial charge in [0.2, 0.25) is 0 Å². The molecule has 0 aliphatic rings. The monoisotopic (exact) mass is 363 g/mol. The minimum atomic E-state index is 0.210. The van der Waals surface area contributed by atoms with Crippen LogP contribution in [-0.2, 0) is 6.54 Å². The van der Waals surface area contributed by atoms with E-state index in [1.807, 2.05) is 66.1 Å². The van der Waals surface area contributed by atoms with Crippen molar-refractivity contribution in [1.82, 2.24) is 9.38 Å². The van der Waals surface area contributed by atoms with Crippen molar-refractivity contribution in [3.63, 3.8) is 0 Å². The summed E-state index contributed by atoms with van der Waals surface area (Å²) in [6, 6.07) is 19.0. The maximum absolute atomic E-state index is 10.3. The first kappa shape index (κ1) is 16.5. The number of aromatic nitrogens is 2. The van der Waals surface area contributed by atoms with Crippen molar-refractivity contribution in [2.75, 3.05) is 5.32 Å². The minimum Gasteiger partial charge on any atom is -0.507 e. The molecule has 0 amide bonds. The van der Waals surface area contributed by atoms with Gasteiger partial charge in [0.05, 0.1) is 0 Å². The zero-order valence-electron chi connectivity index (χ0n) is 14.3. The molecular weight excluding hydrogens is 346 g/mol. The third-order valence-corrected chi connectivity index (χ3v) is 4.57. The summed E-state index contributed by atoms with van der Waals surface area (Å²) in [5.74, 6) is 1.05. The highest BCUT2D eigenvalue weighted by atomic mass is 35.5.